The summed E-state index contributed by atoms with van der Waals surface area (Å²) < 4.78 is 0. The van der Waals surface area contributed by atoms with E-state index in [1.807, 2.05) is 0 Å². The third-order valence-corrected chi connectivity index (χ3v) is 5.50. The molecule has 2 fully saturated rings. The molecule has 1 aliphatic carbocycles. The van der Waals surface area contributed by atoms with E-state index in [-0.39, 0.29) is 0 Å². The molecule has 1 N–H and O–H groups in total. The molecule has 2 aliphatic rings. The number of carbonyl (C=O) groups excluding carboxylic acids is 1. The number of amides is 1. The number of likely N-dealkylation sites (tertiary alicyclic amines) is 1. The topological polar surface area (TPSA) is 32.3 Å². The normalized spacial score (nSPS) is 31.7. The molecule has 0 aromatic heterocycles. The zero-order valence-corrected chi connectivity index (χ0v) is 14.4. The predicted octanol–water partition coefficient (Wildman–Crippen LogP) is 3.44. The number of hydrogen-bond acceptors (Lipinski definition) is 2. The van der Waals surface area contributed by atoms with Crippen molar-refractivity contribution in [3.8, 4) is 0 Å². The van der Waals surface area contributed by atoms with Crippen LogP contribution < -0.4 is 5.32 Å². The van der Waals surface area contributed by atoms with Crippen LogP contribution in [-0.2, 0) is 4.79 Å². The van der Waals surface area contributed by atoms with Crippen molar-refractivity contribution in [3.05, 3.63) is 0 Å². The molecule has 3 atom stereocenters. The Morgan fingerprint density at radius 1 is 1.05 bits per heavy atom. The lowest BCUT2D eigenvalue weighted by Crippen LogP contribution is -2.49. The molecule has 122 valence electrons. The number of carbonyl (C=O) groups is 1. The van der Waals surface area contributed by atoms with Crippen LogP contribution in [0.1, 0.15) is 66.2 Å². The fourth-order valence-corrected chi connectivity index (χ4v) is 3.81. The van der Waals surface area contributed by atoms with Crippen LogP contribution in [0, 0.1) is 17.8 Å². The van der Waals surface area contributed by atoms with Gasteiger partial charge in [-0.2, -0.15) is 0 Å². The van der Waals surface area contributed by atoms with E-state index in [1.165, 1.54) is 19.3 Å². The van der Waals surface area contributed by atoms with Gasteiger partial charge in [-0.1, -0.05) is 27.7 Å². The average molecular weight is 294 g/mol. The maximum absolute atomic E-state index is 12.1. The minimum atomic E-state index is 0.351. The van der Waals surface area contributed by atoms with Gasteiger partial charge in [0.25, 0.3) is 0 Å². The smallest absolute Gasteiger partial charge is 0.222 e. The Balaban J connectivity index is 1.71. The van der Waals surface area contributed by atoms with E-state index in [0.29, 0.717) is 30.3 Å². The van der Waals surface area contributed by atoms with Crippen LogP contribution in [-0.4, -0.2) is 36.0 Å². The van der Waals surface area contributed by atoms with Gasteiger partial charge in [0, 0.05) is 31.6 Å². The summed E-state index contributed by atoms with van der Waals surface area (Å²) in [6.07, 6.45) is 6.99. The molecule has 3 heteroatoms. The third kappa shape index (κ3) is 4.98. The second-order valence-corrected chi connectivity index (χ2v) is 7.88. The first-order valence-corrected chi connectivity index (χ1v) is 8.99. The predicted molar refractivity (Wildman–Crippen MR) is 88.2 cm³/mol. The van der Waals surface area contributed by atoms with Crippen LogP contribution in [0.25, 0.3) is 0 Å². The van der Waals surface area contributed by atoms with Crippen LogP contribution in [0.15, 0.2) is 0 Å². The number of hydrogen-bond donors (Lipinski definition) is 1. The summed E-state index contributed by atoms with van der Waals surface area (Å²) >= 11 is 0. The minimum Gasteiger partial charge on any atom is -0.343 e. The first-order valence-electron chi connectivity index (χ1n) is 8.99. The van der Waals surface area contributed by atoms with Crippen molar-refractivity contribution in [2.75, 3.05) is 13.1 Å². The lowest BCUT2D eigenvalue weighted by Gasteiger charge is -2.38. The van der Waals surface area contributed by atoms with E-state index in [0.717, 1.165) is 37.8 Å². The summed E-state index contributed by atoms with van der Waals surface area (Å²) in [6, 6.07) is 1.33. The van der Waals surface area contributed by atoms with Crippen LogP contribution >= 0.6 is 0 Å². The molecule has 1 amide bonds. The standard InChI is InChI=1S/C18H34N2O/c1-13(2)11-18(21)20-9-7-16(8-10-20)19-17-6-5-14(3)15(4)12-17/h13-17,19H,5-12H2,1-4H3/t14-,15-,17+/m0/s1. The molecule has 2 rings (SSSR count). The Bertz CT molecular complexity index is 334. The van der Waals surface area contributed by atoms with Gasteiger partial charge in [-0.15, -0.1) is 0 Å². The van der Waals surface area contributed by atoms with Crippen molar-refractivity contribution in [2.45, 2.75) is 78.3 Å². The second-order valence-electron chi connectivity index (χ2n) is 7.88. The molecule has 0 aromatic rings. The van der Waals surface area contributed by atoms with Gasteiger partial charge in [0.15, 0.2) is 0 Å². The number of nitrogens with zero attached hydrogens (tertiary/aromatic N) is 1. The minimum absolute atomic E-state index is 0.351. The zero-order valence-electron chi connectivity index (χ0n) is 14.4. The highest BCUT2D eigenvalue weighted by Gasteiger charge is 2.28. The maximum Gasteiger partial charge on any atom is 0.222 e. The maximum atomic E-state index is 12.1. The summed E-state index contributed by atoms with van der Waals surface area (Å²) in [7, 11) is 0. The van der Waals surface area contributed by atoms with E-state index in [9.17, 15) is 4.79 Å². The van der Waals surface area contributed by atoms with Crippen LogP contribution in [0.3, 0.4) is 0 Å². The summed E-state index contributed by atoms with van der Waals surface area (Å²) in [5.41, 5.74) is 0. The van der Waals surface area contributed by atoms with E-state index < -0.39 is 0 Å². The van der Waals surface area contributed by atoms with E-state index in [1.54, 1.807) is 0 Å². The summed E-state index contributed by atoms with van der Waals surface area (Å²) in [5.74, 6) is 2.56. The van der Waals surface area contributed by atoms with Crippen molar-refractivity contribution in [2.24, 2.45) is 17.8 Å². The van der Waals surface area contributed by atoms with Crippen molar-refractivity contribution < 1.29 is 4.79 Å². The van der Waals surface area contributed by atoms with Crippen LogP contribution in [0.2, 0.25) is 0 Å². The first kappa shape index (κ1) is 16.8. The SMILES string of the molecule is CC(C)CC(=O)N1CCC(N[C@@H]2CC[C@H](C)[C@@H](C)C2)CC1. The third-order valence-electron chi connectivity index (χ3n) is 5.50. The van der Waals surface area contributed by atoms with Crippen molar-refractivity contribution in [1.82, 2.24) is 10.2 Å². The Labute approximate surface area is 130 Å². The molecule has 1 heterocycles. The Morgan fingerprint density at radius 3 is 2.29 bits per heavy atom. The molecule has 0 aromatic carbocycles. The van der Waals surface area contributed by atoms with E-state index in [4.69, 9.17) is 0 Å². The molecule has 3 nitrogen and oxygen atoms in total. The van der Waals surface area contributed by atoms with E-state index >= 15 is 0 Å². The fourth-order valence-electron chi connectivity index (χ4n) is 3.81. The Kier molecular flexibility index (Phi) is 6.09. The van der Waals surface area contributed by atoms with Gasteiger partial charge in [-0.05, 0) is 49.9 Å². The second kappa shape index (κ2) is 7.62. The van der Waals surface area contributed by atoms with Gasteiger partial charge in [-0.3, -0.25) is 4.79 Å². The fraction of sp³-hybridized carbons (Fsp3) is 0.944. The lowest BCUT2D eigenvalue weighted by molar-refractivity contribution is -0.133. The van der Waals surface area contributed by atoms with E-state index in [2.05, 4.69) is 37.9 Å². The largest absolute Gasteiger partial charge is 0.343 e. The van der Waals surface area contributed by atoms with Crippen molar-refractivity contribution >= 4 is 5.91 Å². The highest BCUT2D eigenvalue weighted by atomic mass is 16.2. The summed E-state index contributed by atoms with van der Waals surface area (Å²) in [6.45, 7) is 10.9. The van der Waals surface area contributed by atoms with Crippen LogP contribution in [0.5, 0.6) is 0 Å². The van der Waals surface area contributed by atoms with Gasteiger partial charge in [0.2, 0.25) is 5.91 Å². The molecule has 0 unspecified atom stereocenters. The molecule has 1 saturated heterocycles. The number of nitrogens with one attached hydrogen (secondary N) is 1. The summed E-state index contributed by atoms with van der Waals surface area (Å²) in [4.78, 5) is 14.2. The van der Waals surface area contributed by atoms with Gasteiger partial charge >= 0.3 is 0 Å². The average Bonchev–Trinajstić information content (AvgIpc) is 2.43. The molecule has 0 spiro atoms. The zero-order chi connectivity index (χ0) is 15.4. The molecule has 1 aliphatic heterocycles. The monoisotopic (exact) mass is 294 g/mol. The van der Waals surface area contributed by atoms with Crippen molar-refractivity contribution in [3.63, 3.8) is 0 Å². The number of rotatable bonds is 4. The van der Waals surface area contributed by atoms with Gasteiger partial charge in [0.1, 0.15) is 0 Å². The molecular formula is C18H34N2O. The highest BCUT2D eigenvalue weighted by molar-refractivity contribution is 5.76. The molecule has 0 radical (unpaired) electrons. The quantitative estimate of drug-likeness (QED) is 0.861. The van der Waals surface area contributed by atoms with Gasteiger partial charge in [-0.25, -0.2) is 0 Å². The molecular weight excluding hydrogens is 260 g/mol. The Hall–Kier alpha value is -0.570. The molecule has 21 heavy (non-hydrogen) atoms. The molecule has 0 bridgehead atoms. The van der Waals surface area contributed by atoms with Gasteiger partial charge < -0.3 is 10.2 Å². The van der Waals surface area contributed by atoms with Crippen LogP contribution in [0.4, 0.5) is 0 Å². The summed E-state index contributed by atoms with van der Waals surface area (Å²) in [5, 5.41) is 3.87. The number of piperidine rings is 1. The Morgan fingerprint density at radius 2 is 1.71 bits per heavy atom. The first-order chi connectivity index (χ1) is 9.95. The lowest BCUT2D eigenvalue weighted by atomic mass is 9.79. The molecule has 1 saturated carbocycles. The van der Waals surface area contributed by atoms with Crippen molar-refractivity contribution in [1.29, 1.82) is 0 Å². The van der Waals surface area contributed by atoms with Gasteiger partial charge in [0.05, 0.1) is 0 Å². The highest BCUT2D eigenvalue weighted by Crippen LogP contribution is 2.30.